The summed E-state index contributed by atoms with van der Waals surface area (Å²) in [6.07, 6.45) is 5.05. The largest absolute Gasteiger partial charge is 0.328 e. The smallest absolute Gasteiger partial charge is 0.251 e. The van der Waals surface area contributed by atoms with Crippen LogP contribution in [-0.2, 0) is 4.79 Å². The number of aryl methyl sites for hydroxylation is 1. The molecule has 0 aliphatic rings. The fourth-order valence-corrected chi connectivity index (χ4v) is 2.58. The van der Waals surface area contributed by atoms with E-state index in [-0.39, 0.29) is 18.0 Å². The van der Waals surface area contributed by atoms with Crippen molar-refractivity contribution in [2.75, 3.05) is 11.9 Å². The van der Waals surface area contributed by atoms with Gasteiger partial charge in [-0.05, 0) is 42.1 Å². The van der Waals surface area contributed by atoms with Gasteiger partial charge in [0.2, 0.25) is 5.91 Å². The van der Waals surface area contributed by atoms with Gasteiger partial charge in [0.15, 0.2) is 0 Å². The minimum absolute atomic E-state index is 0.0340. The Morgan fingerprint density at radius 3 is 2.83 bits per heavy atom. The molecule has 1 atom stereocenters. The van der Waals surface area contributed by atoms with Crippen molar-refractivity contribution >= 4 is 22.4 Å². The highest BCUT2D eigenvalue weighted by Crippen LogP contribution is 2.19. The van der Waals surface area contributed by atoms with Gasteiger partial charge in [0.05, 0.1) is 0 Å². The van der Waals surface area contributed by atoms with E-state index < -0.39 is 6.04 Å². The van der Waals surface area contributed by atoms with E-state index in [1.165, 1.54) is 10.6 Å². The Kier molecular flexibility index (Phi) is 4.39. The van der Waals surface area contributed by atoms with E-state index in [0.29, 0.717) is 5.69 Å². The van der Waals surface area contributed by atoms with Gasteiger partial charge in [-0.25, -0.2) is 0 Å². The van der Waals surface area contributed by atoms with E-state index >= 15 is 0 Å². The van der Waals surface area contributed by atoms with Gasteiger partial charge in [0.25, 0.3) is 5.56 Å². The number of anilines is 1. The van der Waals surface area contributed by atoms with Gasteiger partial charge in [-0.1, -0.05) is 6.07 Å². The standard InChI is InChI=1S/C18H18N4O2/c1-12-5-7-22(17(23)8-12)16(10-19)18(24)21-15-3-2-14-11-20-6-4-13(14)9-15/h2-9,11,16H,10,19H2,1H3,(H,21,24). The fraction of sp³-hybridized carbons (Fsp3) is 0.167. The Morgan fingerprint density at radius 2 is 2.08 bits per heavy atom. The number of carbonyl (C=O) groups excluding carboxylic acids is 1. The molecule has 0 saturated carbocycles. The summed E-state index contributed by atoms with van der Waals surface area (Å²) in [4.78, 5) is 28.7. The summed E-state index contributed by atoms with van der Waals surface area (Å²) >= 11 is 0. The zero-order valence-electron chi connectivity index (χ0n) is 13.3. The molecule has 3 rings (SSSR count). The highest BCUT2D eigenvalue weighted by Gasteiger charge is 2.20. The predicted molar refractivity (Wildman–Crippen MR) is 93.9 cm³/mol. The number of amides is 1. The molecular weight excluding hydrogens is 304 g/mol. The maximum absolute atomic E-state index is 12.6. The molecule has 0 saturated heterocycles. The lowest BCUT2D eigenvalue weighted by molar-refractivity contribution is -0.119. The van der Waals surface area contributed by atoms with E-state index in [2.05, 4.69) is 10.3 Å². The molecule has 0 bridgehead atoms. The van der Waals surface area contributed by atoms with Gasteiger partial charge in [-0.2, -0.15) is 0 Å². The van der Waals surface area contributed by atoms with Crippen LogP contribution in [0.1, 0.15) is 11.6 Å². The number of nitrogens with zero attached hydrogens (tertiary/aromatic N) is 2. The van der Waals surface area contributed by atoms with Crippen LogP contribution in [0.15, 0.2) is 59.8 Å². The summed E-state index contributed by atoms with van der Waals surface area (Å²) < 4.78 is 1.35. The third-order valence-corrected chi connectivity index (χ3v) is 3.87. The van der Waals surface area contributed by atoms with E-state index in [0.717, 1.165) is 16.3 Å². The summed E-state index contributed by atoms with van der Waals surface area (Å²) in [5, 5.41) is 4.78. The number of benzene rings is 1. The molecule has 0 aliphatic carbocycles. The van der Waals surface area contributed by atoms with Crippen LogP contribution in [0.4, 0.5) is 5.69 Å². The molecular formula is C18H18N4O2. The van der Waals surface area contributed by atoms with E-state index in [1.807, 2.05) is 25.1 Å². The Bertz CT molecular complexity index is 949. The maximum atomic E-state index is 12.6. The molecule has 0 spiro atoms. The van der Waals surface area contributed by atoms with Crippen molar-refractivity contribution in [1.82, 2.24) is 9.55 Å². The van der Waals surface area contributed by atoms with Gasteiger partial charge in [-0.3, -0.25) is 14.6 Å². The van der Waals surface area contributed by atoms with Gasteiger partial charge < -0.3 is 15.6 Å². The first kappa shape index (κ1) is 15.9. The average Bonchev–Trinajstić information content (AvgIpc) is 2.57. The van der Waals surface area contributed by atoms with Crippen LogP contribution in [-0.4, -0.2) is 22.0 Å². The van der Waals surface area contributed by atoms with Crippen molar-refractivity contribution < 1.29 is 4.79 Å². The number of pyridine rings is 2. The number of aromatic nitrogens is 2. The minimum Gasteiger partial charge on any atom is -0.328 e. The molecule has 3 aromatic rings. The van der Waals surface area contributed by atoms with Crippen LogP contribution >= 0.6 is 0 Å². The normalized spacial score (nSPS) is 12.1. The van der Waals surface area contributed by atoms with Crippen molar-refractivity contribution in [1.29, 1.82) is 0 Å². The Hall–Kier alpha value is -2.99. The number of carbonyl (C=O) groups is 1. The molecule has 6 nitrogen and oxygen atoms in total. The summed E-state index contributed by atoms with van der Waals surface area (Å²) in [6, 6.07) is 9.92. The second-order valence-corrected chi connectivity index (χ2v) is 5.63. The lowest BCUT2D eigenvalue weighted by atomic mass is 10.1. The Balaban J connectivity index is 1.87. The maximum Gasteiger partial charge on any atom is 0.251 e. The lowest BCUT2D eigenvalue weighted by Gasteiger charge is -2.18. The van der Waals surface area contributed by atoms with Crippen LogP contribution in [0.5, 0.6) is 0 Å². The molecule has 0 radical (unpaired) electrons. The number of rotatable bonds is 4. The van der Waals surface area contributed by atoms with E-state index in [1.54, 1.807) is 30.7 Å². The molecule has 24 heavy (non-hydrogen) atoms. The average molecular weight is 322 g/mol. The van der Waals surface area contributed by atoms with Crippen LogP contribution in [0, 0.1) is 6.92 Å². The Labute approximate surface area is 138 Å². The molecule has 0 aliphatic heterocycles. The highest BCUT2D eigenvalue weighted by molar-refractivity contribution is 5.96. The minimum atomic E-state index is -0.758. The van der Waals surface area contributed by atoms with Crippen molar-refractivity contribution in [3.63, 3.8) is 0 Å². The number of hydrogen-bond donors (Lipinski definition) is 2. The van der Waals surface area contributed by atoms with Crippen molar-refractivity contribution in [3.8, 4) is 0 Å². The number of hydrogen-bond acceptors (Lipinski definition) is 4. The summed E-state index contributed by atoms with van der Waals surface area (Å²) in [5.41, 5.74) is 6.98. The van der Waals surface area contributed by atoms with Gasteiger partial charge in [0, 0.05) is 42.3 Å². The molecule has 1 aromatic carbocycles. The predicted octanol–water partition coefficient (Wildman–Crippen LogP) is 1.84. The second kappa shape index (κ2) is 6.64. The first-order valence-corrected chi connectivity index (χ1v) is 7.62. The molecule has 3 N–H and O–H groups in total. The second-order valence-electron chi connectivity index (χ2n) is 5.63. The van der Waals surface area contributed by atoms with E-state index in [9.17, 15) is 9.59 Å². The Morgan fingerprint density at radius 1 is 1.25 bits per heavy atom. The quantitative estimate of drug-likeness (QED) is 0.767. The first-order valence-electron chi connectivity index (χ1n) is 7.62. The SMILES string of the molecule is Cc1ccn(C(CN)C(=O)Nc2ccc3cnccc3c2)c(=O)c1. The van der Waals surface area contributed by atoms with Crippen LogP contribution < -0.4 is 16.6 Å². The van der Waals surface area contributed by atoms with Crippen LogP contribution in [0.25, 0.3) is 10.8 Å². The molecule has 1 unspecified atom stereocenters. The molecule has 2 heterocycles. The molecule has 2 aromatic heterocycles. The number of nitrogens with one attached hydrogen (secondary N) is 1. The molecule has 6 heteroatoms. The zero-order valence-corrected chi connectivity index (χ0v) is 13.3. The summed E-state index contributed by atoms with van der Waals surface area (Å²) in [5.74, 6) is -0.322. The monoisotopic (exact) mass is 322 g/mol. The summed E-state index contributed by atoms with van der Waals surface area (Å²) in [6.45, 7) is 1.86. The van der Waals surface area contributed by atoms with Crippen molar-refractivity contribution in [3.05, 3.63) is 70.9 Å². The number of fused-ring (bicyclic) bond motifs is 1. The first-order chi connectivity index (χ1) is 11.6. The van der Waals surface area contributed by atoms with Gasteiger partial charge in [0.1, 0.15) is 6.04 Å². The third-order valence-electron chi connectivity index (χ3n) is 3.87. The lowest BCUT2D eigenvalue weighted by Crippen LogP contribution is -2.37. The van der Waals surface area contributed by atoms with Crippen LogP contribution in [0.2, 0.25) is 0 Å². The van der Waals surface area contributed by atoms with E-state index in [4.69, 9.17) is 5.73 Å². The van der Waals surface area contributed by atoms with Crippen LogP contribution in [0.3, 0.4) is 0 Å². The molecule has 0 fully saturated rings. The fourth-order valence-electron chi connectivity index (χ4n) is 2.58. The van der Waals surface area contributed by atoms with Gasteiger partial charge in [-0.15, -0.1) is 0 Å². The molecule has 1 amide bonds. The number of nitrogens with two attached hydrogens (primary N) is 1. The van der Waals surface area contributed by atoms with Crippen molar-refractivity contribution in [2.24, 2.45) is 5.73 Å². The third kappa shape index (κ3) is 3.18. The highest BCUT2D eigenvalue weighted by atomic mass is 16.2. The summed E-state index contributed by atoms with van der Waals surface area (Å²) in [7, 11) is 0. The molecule has 122 valence electrons. The van der Waals surface area contributed by atoms with Crippen molar-refractivity contribution in [2.45, 2.75) is 13.0 Å². The zero-order chi connectivity index (χ0) is 17.1. The topological polar surface area (TPSA) is 90.0 Å². The van der Waals surface area contributed by atoms with Gasteiger partial charge >= 0.3 is 0 Å².